The van der Waals surface area contributed by atoms with Gasteiger partial charge in [0.25, 0.3) is 12.1 Å². The molecule has 2 N–H and O–H groups in total. The normalized spacial score (nSPS) is 10.7. The molecule has 15 heavy (non-hydrogen) atoms. The standard InChI is InChI=1S/C7H6BrF2N3O2/c8-2-4-5(13(14)15)1-3(6(9)10)7(11)12-4/h1,6H,2H2,(H2,11,12). The predicted octanol–water partition coefficient (Wildman–Crippen LogP) is 2.40. The Labute approximate surface area is 91.6 Å². The van der Waals surface area contributed by atoms with Crippen molar-refractivity contribution in [2.24, 2.45) is 0 Å². The number of pyridine rings is 1. The number of hydrogen-bond donors (Lipinski definition) is 1. The van der Waals surface area contributed by atoms with Gasteiger partial charge in [0.2, 0.25) is 0 Å². The molecule has 1 aromatic rings. The van der Waals surface area contributed by atoms with Crippen LogP contribution in [0.3, 0.4) is 0 Å². The summed E-state index contributed by atoms with van der Waals surface area (Å²) in [6.45, 7) is 0. The van der Waals surface area contributed by atoms with Gasteiger partial charge in [-0.3, -0.25) is 10.1 Å². The molecule has 0 unspecified atom stereocenters. The summed E-state index contributed by atoms with van der Waals surface area (Å²) < 4.78 is 24.7. The van der Waals surface area contributed by atoms with E-state index >= 15 is 0 Å². The van der Waals surface area contributed by atoms with Crippen LogP contribution in [0.25, 0.3) is 0 Å². The highest BCUT2D eigenvalue weighted by molar-refractivity contribution is 9.08. The maximum absolute atomic E-state index is 12.4. The van der Waals surface area contributed by atoms with Crippen molar-refractivity contribution in [3.63, 3.8) is 0 Å². The van der Waals surface area contributed by atoms with Crippen LogP contribution in [-0.4, -0.2) is 9.91 Å². The minimum Gasteiger partial charge on any atom is -0.383 e. The zero-order chi connectivity index (χ0) is 11.6. The summed E-state index contributed by atoms with van der Waals surface area (Å²) in [5, 5.41) is 10.6. The molecular weight excluding hydrogens is 276 g/mol. The first-order chi connectivity index (χ1) is 6.97. The van der Waals surface area contributed by atoms with Gasteiger partial charge in [-0.25, -0.2) is 13.8 Å². The van der Waals surface area contributed by atoms with Gasteiger partial charge in [-0.1, -0.05) is 15.9 Å². The molecule has 1 rings (SSSR count). The van der Waals surface area contributed by atoms with Crippen LogP contribution in [0.15, 0.2) is 6.07 Å². The Kier molecular flexibility index (Phi) is 3.51. The Morgan fingerprint density at radius 3 is 2.67 bits per heavy atom. The van der Waals surface area contributed by atoms with Gasteiger partial charge in [-0.05, 0) is 0 Å². The molecule has 0 saturated heterocycles. The number of nitrogens with two attached hydrogens (primary N) is 1. The number of aromatic nitrogens is 1. The van der Waals surface area contributed by atoms with Crippen LogP contribution in [0.4, 0.5) is 20.3 Å². The van der Waals surface area contributed by atoms with Crippen molar-refractivity contribution in [2.75, 3.05) is 5.73 Å². The Hall–Kier alpha value is -1.31. The molecule has 0 saturated carbocycles. The summed E-state index contributed by atoms with van der Waals surface area (Å²) in [7, 11) is 0. The molecule has 0 spiro atoms. The quantitative estimate of drug-likeness (QED) is 0.524. The first kappa shape index (κ1) is 11.8. The Morgan fingerprint density at radius 2 is 2.27 bits per heavy atom. The molecule has 5 nitrogen and oxygen atoms in total. The summed E-state index contributed by atoms with van der Waals surface area (Å²) >= 11 is 2.96. The number of rotatable bonds is 3. The zero-order valence-electron chi connectivity index (χ0n) is 7.28. The minimum absolute atomic E-state index is 0.0295. The largest absolute Gasteiger partial charge is 0.383 e. The molecular formula is C7H6BrF2N3O2. The maximum atomic E-state index is 12.4. The third kappa shape index (κ3) is 2.38. The highest BCUT2D eigenvalue weighted by atomic mass is 79.9. The van der Waals surface area contributed by atoms with Crippen molar-refractivity contribution in [1.29, 1.82) is 0 Å². The Bertz CT molecular complexity index is 400. The van der Waals surface area contributed by atoms with E-state index in [1.165, 1.54) is 0 Å². The van der Waals surface area contributed by atoms with E-state index in [0.29, 0.717) is 0 Å². The van der Waals surface area contributed by atoms with E-state index in [9.17, 15) is 18.9 Å². The lowest BCUT2D eigenvalue weighted by Crippen LogP contribution is -2.04. The molecule has 0 aliphatic rings. The van der Waals surface area contributed by atoms with Gasteiger partial charge >= 0.3 is 0 Å². The van der Waals surface area contributed by atoms with Crippen molar-refractivity contribution in [3.8, 4) is 0 Å². The third-order valence-electron chi connectivity index (χ3n) is 1.70. The molecule has 8 heteroatoms. The van der Waals surface area contributed by atoms with Gasteiger partial charge in [0.1, 0.15) is 11.5 Å². The van der Waals surface area contributed by atoms with E-state index in [-0.39, 0.29) is 16.8 Å². The highest BCUT2D eigenvalue weighted by Gasteiger charge is 2.22. The lowest BCUT2D eigenvalue weighted by atomic mass is 10.2. The van der Waals surface area contributed by atoms with Crippen molar-refractivity contribution in [3.05, 3.63) is 27.4 Å². The molecule has 0 radical (unpaired) electrons. The fraction of sp³-hybridized carbons (Fsp3) is 0.286. The number of nitrogens with zero attached hydrogens (tertiary/aromatic N) is 2. The molecule has 0 amide bonds. The van der Waals surface area contributed by atoms with Crippen LogP contribution >= 0.6 is 15.9 Å². The van der Waals surface area contributed by atoms with E-state index in [1.807, 2.05) is 0 Å². The van der Waals surface area contributed by atoms with Gasteiger partial charge in [-0.15, -0.1) is 0 Å². The number of halogens is 3. The van der Waals surface area contributed by atoms with Crippen molar-refractivity contribution < 1.29 is 13.7 Å². The van der Waals surface area contributed by atoms with Gasteiger partial charge in [0.05, 0.1) is 15.8 Å². The van der Waals surface area contributed by atoms with Crippen LogP contribution in [0.1, 0.15) is 17.7 Å². The summed E-state index contributed by atoms with van der Waals surface area (Å²) in [4.78, 5) is 13.3. The fourth-order valence-corrected chi connectivity index (χ4v) is 1.42. The van der Waals surface area contributed by atoms with Gasteiger partial charge in [0.15, 0.2) is 0 Å². The molecule has 0 aromatic carbocycles. The van der Waals surface area contributed by atoms with Crippen LogP contribution in [-0.2, 0) is 5.33 Å². The van der Waals surface area contributed by atoms with Gasteiger partial charge in [0, 0.05) is 6.07 Å². The number of hydrogen-bond acceptors (Lipinski definition) is 4. The molecule has 1 heterocycles. The second-order valence-electron chi connectivity index (χ2n) is 2.62. The molecule has 1 aromatic heterocycles. The van der Waals surface area contributed by atoms with Crippen molar-refractivity contribution >= 4 is 27.4 Å². The van der Waals surface area contributed by atoms with E-state index in [2.05, 4.69) is 20.9 Å². The van der Waals surface area contributed by atoms with Crippen LogP contribution in [0.5, 0.6) is 0 Å². The Balaban J connectivity index is 3.37. The summed E-state index contributed by atoms with van der Waals surface area (Å²) in [6.07, 6.45) is -2.87. The fourth-order valence-electron chi connectivity index (χ4n) is 1.00. The minimum atomic E-state index is -2.87. The number of nitrogen functional groups attached to an aromatic ring is 1. The van der Waals surface area contributed by atoms with Crippen LogP contribution in [0, 0.1) is 10.1 Å². The van der Waals surface area contributed by atoms with Crippen LogP contribution < -0.4 is 5.73 Å². The molecule has 0 atom stereocenters. The average Bonchev–Trinajstić information content (AvgIpc) is 2.16. The number of alkyl halides is 3. The van der Waals surface area contributed by atoms with E-state index in [4.69, 9.17) is 5.73 Å². The second kappa shape index (κ2) is 4.47. The van der Waals surface area contributed by atoms with E-state index < -0.39 is 22.6 Å². The second-order valence-corrected chi connectivity index (χ2v) is 3.18. The smallest absolute Gasteiger partial charge is 0.292 e. The van der Waals surface area contributed by atoms with Crippen molar-refractivity contribution in [1.82, 2.24) is 4.98 Å². The topological polar surface area (TPSA) is 82.0 Å². The van der Waals surface area contributed by atoms with Gasteiger partial charge in [-0.2, -0.15) is 0 Å². The highest BCUT2D eigenvalue weighted by Crippen LogP contribution is 2.30. The number of anilines is 1. The lowest BCUT2D eigenvalue weighted by molar-refractivity contribution is -0.385. The zero-order valence-corrected chi connectivity index (χ0v) is 8.87. The molecule has 0 fully saturated rings. The lowest BCUT2D eigenvalue weighted by Gasteiger charge is -2.05. The Morgan fingerprint density at radius 1 is 1.67 bits per heavy atom. The first-order valence-corrected chi connectivity index (χ1v) is 4.87. The van der Waals surface area contributed by atoms with Crippen molar-refractivity contribution in [2.45, 2.75) is 11.8 Å². The monoisotopic (exact) mass is 281 g/mol. The first-order valence-electron chi connectivity index (χ1n) is 3.75. The van der Waals surface area contributed by atoms with Gasteiger partial charge < -0.3 is 5.73 Å². The number of nitro groups is 1. The summed E-state index contributed by atoms with van der Waals surface area (Å²) in [5.41, 5.74) is 4.18. The SMILES string of the molecule is Nc1nc(CBr)c([N+](=O)[O-])cc1C(F)F. The average molecular weight is 282 g/mol. The summed E-state index contributed by atoms with van der Waals surface area (Å²) in [6, 6.07) is 0.754. The molecule has 0 aliphatic heterocycles. The maximum Gasteiger partial charge on any atom is 0.292 e. The molecule has 0 bridgehead atoms. The third-order valence-corrected chi connectivity index (χ3v) is 2.23. The van der Waals surface area contributed by atoms with Crippen LogP contribution in [0.2, 0.25) is 0 Å². The molecule has 0 aliphatic carbocycles. The summed E-state index contributed by atoms with van der Waals surface area (Å²) in [5.74, 6) is -0.384. The predicted molar refractivity (Wildman–Crippen MR) is 52.9 cm³/mol. The van der Waals surface area contributed by atoms with E-state index in [1.54, 1.807) is 0 Å². The van der Waals surface area contributed by atoms with E-state index in [0.717, 1.165) is 6.07 Å². The molecule has 82 valence electrons.